The Hall–Kier alpha value is -8.61. The number of hydrogen-bond donors (Lipinski definition) is 0. The molecule has 0 bridgehead atoms. The number of hydrogen-bond acceptors (Lipinski definition) is 3. The lowest BCUT2D eigenvalue weighted by Gasteiger charge is -2.14. The SMILES string of the molecule is c1ccc(-c2nc(-c3ccccc3)nc(-c3cc4c(c5ccccc5n4-c4ccc5c6ccccc6n(-c6ccccc6)c5c4)c4c3c3ccccc3n4-c3ccccc3)n2)cc1. The van der Waals surface area contributed by atoms with Crippen molar-refractivity contribution in [3.8, 4) is 51.2 Å². The van der Waals surface area contributed by atoms with Gasteiger partial charge in [0, 0.05) is 66.1 Å². The van der Waals surface area contributed by atoms with Gasteiger partial charge in [-0.25, -0.2) is 15.0 Å². The zero-order valence-corrected chi connectivity index (χ0v) is 34.0. The second kappa shape index (κ2) is 14.0. The van der Waals surface area contributed by atoms with Crippen LogP contribution in [0.4, 0.5) is 0 Å². The Morgan fingerprint density at radius 1 is 0.270 bits per heavy atom. The van der Waals surface area contributed by atoms with Crippen LogP contribution < -0.4 is 0 Å². The molecule has 0 saturated heterocycles. The molecule has 0 aliphatic heterocycles. The van der Waals surface area contributed by atoms with Crippen molar-refractivity contribution in [3.63, 3.8) is 0 Å². The standard InChI is InChI=1S/C57H36N6/c1-5-19-37(20-6-1)55-58-56(38-21-7-2-8-22-38)60-57(59-55)46-36-51-53(54-52(46)44-28-14-18-32-49(44)63(54)40-25-11-4-12-26-40)45-29-15-17-31-48(45)62(51)41-33-34-43-42-27-13-16-30-47(42)61(50(43)35-41)39-23-9-3-10-24-39/h1-36H. The summed E-state index contributed by atoms with van der Waals surface area (Å²) in [7, 11) is 0. The Kier molecular flexibility index (Phi) is 7.80. The summed E-state index contributed by atoms with van der Waals surface area (Å²) >= 11 is 0. The van der Waals surface area contributed by atoms with Crippen LogP contribution in [0, 0.1) is 0 Å². The van der Waals surface area contributed by atoms with Crippen LogP contribution in [0.2, 0.25) is 0 Å². The zero-order chi connectivity index (χ0) is 41.4. The maximum atomic E-state index is 5.37. The number of fused-ring (bicyclic) bond motifs is 10. The average Bonchev–Trinajstić information content (AvgIpc) is 4.00. The van der Waals surface area contributed by atoms with Crippen molar-refractivity contribution in [1.82, 2.24) is 28.7 Å². The first-order valence-electron chi connectivity index (χ1n) is 21.3. The monoisotopic (exact) mass is 804 g/mol. The molecule has 0 radical (unpaired) electrons. The summed E-state index contributed by atoms with van der Waals surface area (Å²) in [6.45, 7) is 0. The Labute approximate surface area is 362 Å². The molecule has 0 N–H and O–H groups in total. The summed E-state index contributed by atoms with van der Waals surface area (Å²) in [6.07, 6.45) is 0. The maximum absolute atomic E-state index is 5.37. The molecule has 0 atom stereocenters. The molecule has 0 spiro atoms. The number of benzene rings is 9. The van der Waals surface area contributed by atoms with Crippen molar-refractivity contribution in [2.75, 3.05) is 0 Å². The van der Waals surface area contributed by atoms with Gasteiger partial charge in [-0.3, -0.25) is 0 Å². The van der Waals surface area contributed by atoms with E-state index in [1.165, 1.54) is 21.7 Å². The Bertz CT molecular complexity index is 3830. The second-order valence-electron chi connectivity index (χ2n) is 16.0. The fourth-order valence-corrected chi connectivity index (χ4v) is 9.79. The number of aromatic nitrogens is 6. The van der Waals surface area contributed by atoms with Crippen LogP contribution in [0.1, 0.15) is 0 Å². The molecule has 0 saturated carbocycles. The van der Waals surface area contributed by atoms with Gasteiger partial charge in [0.1, 0.15) is 0 Å². The molecule has 4 heterocycles. The van der Waals surface area contributed by atoms with Crippen LogP contribution in [0.3, 0.4) is 0 Å². The summed E-state index contributed by atoms with van der Waals surface area (Å²) < 4.78 is 7.26. The van der Waals surface area contributed by atoms with Crippen molar-refractivity contribution in [3.05, 3.63) is 218 Å². The molecule has 9 aromatic carbocycles. The molecule has 63 heavy (non-hydrogen) atoms. The lowest BCUT2D eigenvalue weighted by atomic mass is 10.0. The summed E-state index contributed by atoms with van der Waals surface area (Å²) in [6, 6.07) is 77.3. The molecule has 0 amide bonds. The van der Waals surface area contributed by atoms with E-state index in [-0.39, 0.29) is 0 Å². The largest absolute Gasteiger partial charge is 0.309 e. The van der Waals surface area contributed by atoms with Gasteiger partial charge in [-0.15, -0.1) is 0 Å². The molecule has 4 aromatic heterocycles. The van der Waals surface area contributed by atoms with E-state index in [4.69, 9.17) is 15.0 Å². The molecule has 13 aromatic rings. The zero-order valence-electron chi connectivity index (χ0n) is 34.0. The van der Waals surface area contributed by atoms with Crippen LogP contribution in [0.25, 0.3) is 117 Å². The van der Waals surface area contributed by atoms with Crippen molar-refractivity contribution >= 4 is 65.4 Å². The minimum Gasteiger partial charge on any atom is -0.309 e. The van der Waals surface area contributed by atoms with Crippen LogP contribution in [0.15, 0.2) is 218 Å². The van der Waals surface area contributed by atoms with Crippen LogP contribution in [0.5, 0.6) is 0 Å². The molecule has 6 heteroatoms. The number of rotatable bonds is 6. The highest BCUT2D eigenvalue weighted by Crippen LogP contribution is 2.47. The number of nitrogens with zero attached hydrogens (tertiary/aromatic N) is 6. The summed E-state index contributed by atoms with van der Waals surface area (Å²) in [5.74, 6) is 1.86. The fraction of sp³-hybridized carbons (Fsp3) is 0. The Morgan fingerprint density at radius 2 is 0.698 bits per heavy atom. The topological polar surface area (TPSA) is 53.5 Å². The number of para-hydroxylation sites is 5. The summed E-state index contributed by atoms with van der Waals surface area (Å²) in [4.78, 5) is 15.8. The van der Waals surface area contributed by atoms with E-state index in [2.05, 4.69) is 196 Å². The molecule has 13 rings (SSSR count). The summed E-state index contributed by atoms with van der Waals surface area (Å²) in [5.41, 5.74) is 12.8. The third kappa shape index (κ3) is 5.41. The smallest absolute Gasteiger partial charge is 0.164 e. The lowest BCUT2D eigenvalue weighted by molar-refractivity contribution is 1.08. The van der Waals surface area contributed by atoms with E-state index in [0.717, 1.165) is 77.5 Å². The van der Waals surface area contributed by atoms with Crippen molar-refractivity contribution < 1.29 is 0 Å². The van der Waals surface area contributed by atoms with E-state index in [1.54, 1.807) is 0 Å². The Balaban J connectivity index is 1.21. The van der Waals surface area contributed by atoms with Gasteiger partial charge in [0.2, 0.25) is 0 Å². The minimum absolute atomic E-state index is 0.613. The highest BCUT2D eigenvalue weighted by molar-refractivity contribution is 6.29. The van der Waals surface area contributed by atoms with Gasteiger partial charge in [0.15, 0.2) is 17.5 Å². The molecule has 0 unspecified atom stereocenters. The minimum atomic E-state index is 0.613. The van der Waals surface area contributed by atoms with Gasteiger partial charge >= 0.3 is 0 Å². The maximum Gasteiger partial charge on any atom is 0.164 e. The first kappa shape index (κ1) is 35.2. The van der Waals surface area contributed by atoms with Gasteiger partial charge in [-0.2, -0.15) is 0 Å². The predicted molar refractivity (Wildman–Crippen MR) is 259 cm³/mol. The molecular formula is C57H36N6. The van der Waals surface area contributed by atoms with E-state index >= 15 is 0 Å². The Morgan fingerprint density at radius 3 is 1.30 bits per heavy atom. The molecule has 0 aliphatic carbocycles. The molecular weight excluding hydrogens is 769 g/mol. The normalized spacial score (nSPS) is 11.8. The van der Waals surface area contributed by atoms with Gasteiger partial charge in [-0.05, 0) is 60.7 Å². The van der Waals surface area contributed by atoms with Crippen molar-refractivity contribution in [1.29, 1.82) is 0 Å². The van der Waals surface area contributed by atoms with Gasteiger partial charge in [0.05, 0.1) is 33.1 Å². The van der Waals surface area contributed by atoms with Gasteiger partial charge in [-0.1, -0.05) is 158 Å². The van der Waals surface area contributed by atoms with Gasteiger partial charge in [0.25, 0.3) is 0 Å². The van der Waals surface area contributed by atoms with E-state index in [1.807, 2.05) is 36.4 Å². The first-order chi connectivity index (χ1) is 31.3. The van der Waals surface area contributed by atoms with Crippen LogP contribution in [-0.4, -0.2) is 28.7 Å². The van der Waals surface area contributed by atoms with E-state index in [0.29, 0.717) is 17.5 Å². The van der Waals surface area contributed by atoms with Gasteiger partial charge < -0.3 is 13.7 Å². The highest BCUT2D eigenvalue weighted by Gasteiger charge is 2.26. The molecule has 0 aliphatic rings. The van der Waals surface area contributed by atoms with E-state index in [9.17, 15) is 0 Å². The first-order valence-corrected chi connectivity index (χ1v) is 21.3. The quantitative estimate of drug-likeness (QED) is 0.168. The third-order valence-electron chi connectivity index (χ3n) is 12.5. The van der Waals surface area contributed by atoms with Crippen LogP contribution in [-0.2, 0) is 0 Å². The summed E-state index contributed by atoms with van der Waals surface area (Å²) in [5, 5.41) is 6.97. The highest BCUT2D eigenvalue weighted by atomic mass is 15.1. The van der Waals surface area contributed by atoms with Crippen molar-refractivity contribution in [2.45, 2.75) is 0 Å². The molecule has 294 valence electrons. The van der Waals surface area contributed by atoms with Crippen LogP contribution >= 0.6 is 0 Å². The predicted octanol–water partition coefficient (Wildman–Crippen LogP) is 14.2. The fourth-order valence-electron chi connectivity index (χ4n) is 9.79. The average molecular weight is 805 g/mol. The third-order valence-corrected chi connectivity index (χ3v) is 12.5. The molecule has 0 fully saturated rings. The second-order valence-corrected chi connectivity index (χ2v) is 16.0. The van der Waals surface area contributed by atoms with Crippen molar-refractivity contribution in [2.24, 2.45) is 0 Å². The van der Waals surface area contributed by atoms with E-state index < -0.39 is 0 Å². The molecule has 6 nitrogen and oxygen atoms in total. The lowest BCUT2D eigenvalue weighted by Crippen LogP contribution is -2.01.